The number of ether oxygens (including phenoxy) is 2. The van der Waals surface area contributed by atoms with Crippen molar-refractivity contribution in [2.24, 2.45) is 0 Å². The van der Waals surface area contributed by atoms with Crippen molar-refractivity contribution in [3.8, 4) is 55.2 Å². The molecule has 15 heteroatoms. The molecular weight excluding hydrogens is 880 g/mol. The number of hydrogen-bond donors (Lipinski definition) is 2. The number of fused-ring (bicyclic) bond motifs is 2. The first-order valence-electron chi connectivity index (χ1n) is 19.6. The van der Waals surface area contributed by atoms with Crippen LogP contribution in [0.5, 0.6) is 11.5 Å². The first-order valence-corrected chi connectivity index (χ1v) is 24.8. The minimum atomic E-state index is -0.506. The van der Waals surface area contributed by atoms with Crippen LogP contribution in [0.25, 0.3) is 64.1 Å². The van der Waals surface area contributed by atoms with Crippen molar-refractivity contribution in [2.45, 2.75) is 40.0 Å². The molecule has 0 aliphatic rings. The lowest BCUT2D eigenvalue weighted by molar-refractivity contribution is 0.273. The maximum atomic E-state index is 12.4. The molecule has 0 saturated carbocycles. The lowest BCUT2D eigenvalue weighted by atomic mass is 10.0. The standard InChI is InChI=1S/C24H19N3OS3.C22H22FN3OS3/c1-2-28-16-10-8-15(9-11-16)18-14-19(22-26-12-13-29-22)27-23-20(18)21(25)24(31-23)30-17-6-4-3-5-7-17;1-2-3-11-29-22-19(24)18-16(14-4-6-15(7-5-14)27-10-8-23)13-17(26-21(18)30-22)20-25-9-12-28-20/h3-14H,2,25H2,1H3;4-7,9,12-13H,2-3,8,10-11,24H2,1H3. The number of hydrogen-bond acceptors (Lipinski definition) is 14. The minimum absolute atomic E-state index is 0.0584. The van der Waals surface area contributed by atoms with Crippen molar-refractivity contribution in [3.63, 3.8) is 0 Å². The molecule has 0 spiro atoms. The zero-order valence-electron chi connectivity index (χ0n) is 33.3. The number of benzene rings is 3. The lowest BCUT2D eigenvalue weighted by Crippen LogP contribution is -1.98. The SMILES string of the molecule is CCCCSc1sc2nc(-c3nccs3)cc(-c3ccc(OCCF)cc3)c2c1N.CCOc1ccc(-c2cc(-c3nccs3)nc3sc(Sc4ccccc4)c(N)c23)cc1. The molecule has 0 fully saturated rings. The molecule has 0 radical (unpaired) electrons. The van der Waals surface area contributed by atoms with Crippen molar-refractivity contribution in [1.82, 2.24) is 19.9 Å². The summed E-state index contributed by atoms with van der Waals surface area (Å²) in [5.41, 5.74) is 20.7. The highest BCUT2D eigenvalue weighted by atomic mass is 32.2. The number of aromatic nitrogens is 4. The van der Waals surface area contributed by atoms with E-state index in [1.54, 1.807) is 75.1 Å². The molecule has 8 nitrogen and oxygen atoms in total. The van der Waals surface area contributed by atoms with E-state index < -0.39 is 6.67 Å². The summed E-state index contributed by atoms with van der Waals surface area (Å²) >= 11 is 9.91. The Bertz CT molecular complexity index is 2810. The van der Waals surface area contributed by atoms with Crippen LogP contribution in [-0.4, -0.2) is 45.6 Å². The quantitative estimate of drug-likeness (QED) is 0.0759. The Balaban J connectivity index is 0.000000169. The van der Waals surface area contributed by atoms with Gasteiger partial charge in [-0.15, -0.1) is 57.1 Å². The number of anilines is 2. The van der Waals surface area contributed by atoms with Gasteiger partial charge in [-0.1, -0.05) is 67.6 Å². The summed E-state index contributed by atoms with van der Waals surface area (Å²) in [5, 5.41) is 7.68. The molecule has 61 heavy (non-hydrogen) atoms. The molecule has 0 unspecified atom stereocenters. The van der Waals surface area contributed by atoms with Crippen LogP contribution in [0.15, 0.2) is 127 Å². The van der Waals surface area contributed by atoms with E-state index in [9.17, 15) is 4.39 Å². The van der Waals surface area contributed by atoms with E-state index in [1.807, 2.05) is 78.5 Å². The third-order valence-corrected chi connectivity index (χ3v) is 15.7. The molecule has 0 amide bonds. The fraction of sp³-hybridized carbons (Fsp3) is 0.174. The van der Waals surface area contributed by atoms with E-state index in [-0.39, 0.29) is 6.61 Å². The van der Waals surface area contributed by atoms with Gasteiger partial charge in [-0.2, -0.15) is 0 Å². The molecule has 0 atom stereocenters. The van der Waals surface area contributed by atoms with E-state index >= 15 is 0 Å². The third kappa shape index (κ3) is 9.88. The maximum absolute atomic E-state index is 12.4. The van der Waals surface area contributed by atoms with Crippen molar-refractivity contribution < 1.29 is 13.9 Å². The Kier molecular flexibility index (Phi) is 14.1. The van der Waals surface area contributed by atoms with Crippen molar-refractivity contribution in [1.29, 1.82) is 0 Å². The van der Waals surface area contributed by atoms with E-state index in [4.69, 9.17) is 30.9 Å². The highest BCUT2D eigenvalue weighted by Gasteiger charge is 2.21. The maximum Gasteiger partial charge on any atom is 0.141 e. The zero-order valence-corrected chi connectivity index (χ0v) is 38.2. The van der Waals surface area contributed by atoms with Crippen LogP contribution in [0.1, 0.15) is 26.7 Å². The molecule has 6 heterocycles. The van der Waals surface area contributed by atoms with Crippen LogP contribution in [0.2, 0.25) is 0 Å². The molecule has 310 valence electrons. The van der Waals surface area contributed by atoms with Crippen LogP contribution < -0.4 is 20.9 Å². The number of pyridine rings is 2. The molecule has 0 aliphatic heterocycles. The van der Waals surface area contributed by atoms with Crippen LogP contribution in [-0.2, 0) is 0 Å². The first-order chi connectivity index (χ1) is 29.9. The second-order valence-corrected chi connectivity index (χ2v) is 19.9. The highest BCUT2D eigenvalue weighted by molar-refractivity contribution is 8.01. The summed E-state index contributed by atoms with van der Waals surface area (Å²) in [5.74, 6) is 2.55. The summed E-state index contributed by atoms with van der Waals surface area (Å²) in [4.78, 5) is 21.7. The van der Waals surface area contributed by atoms with Gasteiger partial charge in [-0.3, -0.25) is 0 Å². The molecule has 9 rings (SSSR count). The average Bonchev–Trinajstić information content (AvgIpc) is 4.13. The van der Waals surface area contributed by atoms with Gasteiger partial charge in [-0.05, 0) is 89.9 Å². The number of nitrogen functional groups attached to an aromatic ring is 2. The second-order valence-electron chi connectivity index (χ2n) is 13.4. The van der Waals surface area contributed by atoms with Gasteiger partial charge in [0.2, 0.25) is 0 Å². The predicted octanol–water partition coefficient (Wildman–Crippen LogP) is 14.1. The van der Waals surface area contributed by atoms with Crippen molar-refractivity contribution in [2.75, 3.05) is 37.1 Å². The Labute approximate surface area is 378 Å². The van der Waals surface area contributed by atoms with E-state index in [0.717, 1.165) is 113 Å². The number of thiazole rings is 2. The number of rotatable bonds is 15. The van der Waals surface area contributed by atoms with Gasteiger partial charge in [-0.25, -0.2) is 24.3 Å². The summed E-state index contributed by atoms with van der Waals surface area (Å²) in [6.07, 6.45) is 5.91. The van der Waals surface area contributed by atoms with Gasteiger partial charge in [0.1, 0.15) is 55.8 Å². The van der Waals surface area contributed by atoms with Crippen molar-refractivity contribution >= 4 is 101 Å². The van der Waals surface area contributed by atoms with Crippen LogP contribution in [0, 0.1) is 0 Å². The van der Waals surface area contributed by atoms with Crippen LogP contribution >= 0.6 is 68.9 Å². The highest BCUT2D eigenvalue weighted by Crippen LogP contribution is 2.48. The Morgan fingerprint density at radius 2 is 1.21 bits per heavy atom. The molecule has 0 saturated heterocycles. The third-order valence-electron chi connectivity index (χ3n) is 9.30. The zero-order chi connectivity index (χ0) is 42.1. The average molecular weight is 921 g/mol. The van der Waals surface area contributed by atoms with Gasteiger partial charge >= 0.3 is 0 Å². The minimum Gasteiger partial charge on any atom is -0.494 e. The number of halogens is 1. The summed E-state index contributed by atoms with van der Waals surface area (Å²) in [7, 11) is 0. The second kappa shape index (κ2) is 20.2. The summed E-state index contributed by atoms with van der Waals surface area (Å²) in [6.45, 7) is 4.37. The van der Waals surface area contributed by atoms with Crippen LogP contribution in [0.3, 0.4) is 0 Å². The lowest BCUT2D eigenvalue weighted by Gasteiger charge is -2.09. The van der Waals surface area contributed by atoms with Gasteiger partial charge in [0, 0.05) is 38.8 Å². The monoisotopic (exact) mass is 920 g/mol. The Morgan fingerprint density at radius 1 is 0.672 bits per heavy atom. The van der Waals surface area contributed by atoms with Gasteiger partial charge in [0.05, 0.1) is 26.4 Å². The molecule has 6 aromatic heterocycles. The number of nitrogens with zero attached hydrogens (tertiary/aromatic N) is 4. The molecule has 9 aromatic rings. The molecular formula is C46H41FN6O2S6. The van der Waals surface area contributed by atoms with Gasteiger partial charge in [0.15, 0.2) is 0 Å². The summed E-state index contributed by atoms with van der Waals surface area (Å²) < 4.78 is 25.5. The fourth-order valence-electron chi connectivity index (χ4n) is 6.45. The van der Waals surface area contributed by atoms with E-state index in [2.05, 4.69) is 53.3 Å². The Hall–Kier alpha value is -5.03. The number of thioether (sulfide) groups is 1. The van der Waals surface area contributed by atoms with Gasteiger partial charge in [0.25, 0.3) is 0 Å². The number of alkyl halides is 1. The normalized spacial score (nSPS) is 11.2. The van der Waals surface area contributed by atoms with Crippen molar-refractivity contribution in [3.05, 3.63) is 114 Å². The van der Waals surface area contributed by atoms with E-state index in [0.29, 0.717) is 12.4 Å². The number of unbranched alkanes of at least 4 members (excludes halogenated alkanes) is 1. The van der Waals surface area contributed by atoms with E-state index in [1.165, 1.54) is 0 Å². The predicted molar refractivity (Wildman–Crippen MR) is 260 cm³/mol. The molecule has 3 aromatic carbocycles. The van der Waals surface area contributed by atoms with Gasteiger partial charge < -0.3 is 20.9 Å². The molecule has 4 N–H and O–H groups in total. The topological polar surface area (TPSA) is 122 Å². The first kappa shape index (κ1) is 42.7. The number of nitrogens with two attached hydrogens (primary N) is 2. The summed E-state index contributed by atoms with van der Waals surface area (Å²) in [6, 6.07) is 30.3. The smallest absolute Gasteiger partial charge is 0.141 e. The Morgan fingerprint density at radius 3 is 1.72 bits per heavy atom. The fourth-order valence-corrected chi connectivity index (χ4v) is 12.4. The molecule has 0 aliphatic carbocycles. The number of thiophene rings is 2. The van der Waals surface area contributed by atoms with Crippen LogP contribution in [0.4, 0.5) is 15.8 Å². The molecule has 0 bridgehead atoms. The largest absolute Gasteiger partial charge is 0.494 e.